The van der Waals surface area contributed by atoms with Crippen molar-refractivity contribution in [3.8, 4) is 0 Å². The Bertz CT molecular complexity index is 763. The molecule has 2 aliphatic rings. The van der Waals surface area contributed by atoms with Gasteiger partial charge in [-0.05, 0) is 49.8 Å². The number of benzene rings is 1. The zero-order chi connectivity index (χ0) is 18.5. The summed E-state index contributed by atoms with van der Waals surface area (Å²) in [6.45, 7) is 4.28. The quantitative estimate of drug-likeness (QED) is 0.636. The number of amides is 1. The lowest BCUT2D eigenvalue weighted by atomic mass is 9.77. The Morgan fingerprint density at radius 2 is 1.97 bits per heavy atom. The van der Waals surface area contributed by atoms with Gasteiger partial charge in [-0.1, -0.05) is 30.3 Å². The van der Waals surface area contributed by atoms with Crippen LogP contribution in [0.4, 0.5) is 0 Å². The first kappa shape index (κ1) is 23.6. The summed E-state index contributed by atoms with van der Waals surface area (Å²) in [5.74, 6) is 0.872. The highest BCUT2D eigenvalue weighted by molar-refractivity contribution is 5.85. The molecule has 1 unspecified atom stereocenters. The molecule has 3 N–H and O–H groups in total. The minimum Gasteiger partial charge on any atom is -0.347 e. The molecule has 2 aromatic rings. The first-order valence-corrected chi connectivity index (χ1v) is 9.87. The molecule has 160 valence electrons. The van der Waals surface area contributed by atoms with Gasteiger partial charge in [0.1, 0.15) is 6.33 Å². The number of nitrogens with one attached hydrogen (secondary N) is 3. The maximum Gasteiger partial charge on any atom is 0.237 e. The average Bonchev–Trinajstić information content (AvgIpc) is 3.33. The van der Waals surface area contributed by atoms with E-state index in [1.54, 1.807) is 6.33 Å². The zero-order valence-corrected chi connectivity index (χ0v) is 18.1. The summed E-state index contributed by atoms with van der Waals surface area (Å²) in [5, 5.41) is 18.1. The van der Waals surface area contributed by atoms with Crippen molar-refractivity contribution in [3.05, 3.63) is 48.0 Å². The van der Waals surface area contributed by atoms with Crippen LogP contribution in [0.1, 0.15) is 30.7 Å². The van der Waals surface area contributed by atoms with Crippen LogP contribution in [0.15, 0.2) is 36.7 Å². The number of piperidine rings is 1. The molecule has 0 saturated carbocycles. The van der Waals surface area contributed by atoms with Crippen molar-refractivity contribution in [1.82, 2.24) is 30.7 Å². The first-order chi connectivity index (χ1) is 13.2. The van der Waals surface area contributed by atoms with Crippen molar-refractivity contribution >= 4 is 30.7 Å². The average molecular weight is 441 g/mol. The standard InChI is InChI=1S/C20H28N6O.2ClH/c27-19(17-12-20(14-23-17)7-9-21-10-8-20)22-13-18-25-24-15-26(18)11-6-16-4-2-1-3-5-16;;/h1-5,15,17,21,23H,6-14H2,(H,22,27);2*1H. The number of aromatic nitrogens is 3. The second-order valence-corrected chi connectivity index (χ2v) is 7.78. The lowest BCUT2D eigenvalue weighted by Crippen LogP contribution is -2.40. The first-order valence-electron chi connectivity index (χ1n) is 9.87. The number of halogens is 2. The van der Waals surface area contributed by atoms with Crippen LogP contribution < -0.4 is 16.0 Å². The fourth-order valence-electron chi connectivity index (χ4n) is 4.23. The molecule has 3 heterocycles. The van der Waals surface area contributed by atoms with Crippen LogP contribution >= 0.6 is 24.8 Å². The van der Waals surface area contributed by atoms with Crippen molar-refractivity contribution in [2.75, 3.05) is 19.6 Å². The smallest absolute Gasteiger partial charge is 0.237 e. The van der Waals surface area contributed by atoms with Gasteiger partial charge in [-0.25, -0.2) is 0 Å². The van der Waals surface area contributed by atoms with E-state index in [0.29, 0.717) is 12.0 Å². The Morgan fingerprint density at radius 1 is 1.21 bits per heavy atom. The van der Waals surface area contributed by atoms with Gasteiger partial charge in [-0.2, -0.15) is 0 Å². The summed E-state index contributed by atoms with van der Waals surface area (Å²) in [5.41, 5.74) is 1.58. The summed E-state index contributed by atoms with van der Waals surface area (Å²) in [7, 11) is 0. The Morgan fingerprint density at radius 3 is 2.72 bits per heavy atom. The molecular formula is C20H30Cl2N6O. The normalized spacial score (nSPS) is 19.9. The van der Waals surface area contributed by atoms with Gasteiger partial charge in [0.15, 0.2) is 5.82 Å². The van der Waals surface area contributed by atoms with E-state index in [4.69, 9.17) is 0 Å². The largest absolute Gasteiger partial charge is 0.347 e. The van der Waals surface area contributed by atoms with E-state index in [2.05, 4.69) is 38.3 Å². The van der Waals surface area contributed by atoms with E-state index in [-0.39, 0.29) is 36.8 Å². The molecule has 0 radical (unpaired) electrons. The number of rotatable bonds is 6. The van der Waals surface area contributed by atoms with E-state index >= 15 is 0 Å². The molecule has 9 heteroatoms. The van der Waals surface area contributed by atoms with Gasteiger partial charge in [0.25, 0.3) is 0 Å². The van der Waals surface area contributed by atoms with Crippen LogP contribution in [-0.4, -0.2) is 46.3 Å². The summed E-state index contributed by atoms with van der Waals surface area (Å²) < 4.78 is 2.02. The highest BCUT2D eigenvalue weighted by Crippen LogP contribution is 2.37. The van der Waals surface area contributed by atoms with E-state index in [0.717, 1.165) is 57.7 Å². The number of aryl methyl sites for hydroxylation is 2. The fourth-order valence-corrected chi connectivity index (χ4v) is 4.23. The fraction of sp³-hybridized carbons (Fsp3) is 0.550. The van der Waals surface area contributed by atoms with Gasteiger partial charge in [-0.15, -0.1) is 35.0 Å². The zero-order valence-electron chi connectivity index (χ0n) is 16.5. The maximum absolute atomic E-state index is 12.6. The topological polar surface area (TPSA) is 83.9 Å². The third-order valence-electron chi connectivity index (χ3n) is 5.94. The van der Waals surface area contributed by atoms with Crippen molar-refractivity contribution in [1.29, 1.82) is 0 Å². The van der Waals surface area contributed by atoms with E-state index in [1.807, 2.05) is 22.8 Å². The Hall–Kier alpha value is -1.67. The third kappa shape index (κ3) is 5.92. The van der Waals surface area contributed by atoms with E-state index < -0.39 is 0 Å². The van der Waals surface area contributed by atoms with Crippen molar-refractivity contribution in [2.45, 2.75) is 44.8 Å². The molecule has 0 bridgehead atoms. The molecule has 7 nitrogen and oxygen atoms in total. The molecule has 1 atom stereocenters. The van der Waals surface area contributed by atoms with Crippen LogP contribution in [0, 0.1) is 5.41 Å². The van der Waals surface area contributed by atoms with E-state index in [9.17, 15) is 4.79 Å². The minimum absolute atomic E-state index is 0. The molecule has 29 heavy (non-hydrogen) atoms. The van der Waals surface area contributed by atoms with Crippen molar-refractivity contribution < 1.29 is 4.79 Å². The molecule has 1 spiro atoms. The van der Waals surface area contributed by atoms with Crippen LogP contribution in [0.3, 0.4) is 0 Å². The van der Waals surface area contributed by atoms with Gasteiger partial charge in [0, 0.05) is 13.1 Å². The molecule has 2 aliphatic heterocycles. The summed E-state index contributed by atoms with van der Waals surface area (Å²) in [6, 6.07) is 10.3. The number of carbonyl (C=O) groups is 1. The second-order valence-electron chi connectivity index (χ2n) is 7.78. The number of nitrogens with zero attached hydrogens (tertiary/aromatic N) is 3. The van der Waals surface area contributed by atoms with E-state index in [1.165, 1.54) is 5.56 Å². The second kappa shape index (κ2) is 10.9. The van der Waals surface area contributed by atoms with Gasteiger partial charge < -0.3 is 20.5 Å². The van der Waals surface area contributed by atoms with Crippen LogP contribution in [-0.2, 0) is 24.3 Å². The number of hydrogen-bond donors (Lipinski definition) is 3. The summed E-state index contributed by atoms with van der Waals surface area (Å²) in [4.78, 5) is 12.6. The number of carbonyl (C=O) groups excluding carboxylic acids is 1. The highest BCUT2D eigenvalue weighted by atomic mass is 35.5. The molecule has 1 aromatic carbocycles. The predicted octanol–water partition coefficient (Wildman–Crippen LogP) is 1.71. The third-order valence-corrected chi connectivity index (χ3v) is 5.94. The SMILES string of the molecule is Cl.Cl.O=C(NCc1nncn1CCc1ccccc1)C1CC2(CCNCC2)CN1. The van der Waals surface area contributed by atoms with Crippen molar-refractivity contribution in [3.63, 3.8) is 0 Å². The molecular weight excluding hydrogens is 411 g/mol. The highest BCUT2D eigenvalue weighted by Gasteiger charge is 2.42. The molecule has 0 aliphatic carbocycles. The summed E-state index contributed by atoms with van der Waals surface area (Å²) in [6.07, 6.45) is 5.89. The Kier molecular flexibility index (Phi) is 8.89. The molecule has 2 fully saturated rings. The molecule has 2 saturated heterocycles. The van der Waals surface area contributed by atoms with Crippen LogP contribution in [0.5, 0.6) is 0 Å². The van der Waals surface area contributed by atoms with Crippen LogP contribution in [0.25, 0.3) is 0 Å². The Balaban J connectivity index is 0.00000150. The van der Waals surface area contributed by atoms with Gasteiger partial charge in [-0.3, -0.25) is 4.79 Å². The predicted molar refractivity (Wildman–Crippen MR) is 117 cm³/mol. The Labute approximate surface area is 184 Å². The monoisotopic (exact) mass is 440 g/mol. The van der Waals surface area contributed by atoms with Gasteiger partial charge >= 0.3 is 0 Å². The molecule has 1 aromatic heterocycles. The summed E-state index contributed by atoms with van der Waals surface area (Å²) >= 11 is 0. The van der Waals surface area contributed by atoms with Gasteiger partial charge in [0.2, 0.25) is 5.91 Å². The maximum atomic E-state index is 12.6. The lowest BCUT2D eigenvalue weighted by Gasteiger charge is -2.33. The van der Waals surface area contributed by atoms with Gasteiger partial charge in [0.05, 0.1) is 12.6 Å². The number of hydrogen-bond acceptors (Lipinski definition) is 5. The molecule has 1 amide bonds. The van der Waals surface area contributed by atoms with Crippen LogP contribution in [0.2, 0.25) is 0 Å². The lowest BCUT2D eigenvalue weighted by molar-refractivity contribution is -0.123. The molecule has 4 rings (SSSR count). The van der Waals surface area contributed by atoms with Crippen molar-refractivity contribution in [2.24, 2.45) is 5.41 Å². The minimum atomic E-state index is -0.0937.